The summed E-state index contributed by atoms with van der Waals surface area (Å²) in [6.45, 7) is 5.24. The monoisotopic (exact) mass is 315 g/mol. The minimum absolute atomic E-state index is 0.0611. The van der Waals surface area contributed by atoms with Crippen molar-refractivity contribution in [2.75, 3.05) is 13.2 Å². The molecule has 5 nitrogen and oxygen atoms in total. The predicted molar refractivity (Wildman–Crippen MR) is 90.6 cm³/mol. The molecule has 1 heterocycles. The van der Waals surface area contributed by atoms with E-state index in [4.69, 9.17) is 4.74 Å². The van der Waals surface area contributed by atoms with Crippen LogP contribution in [0.1, 0.15) is 29.7 Å². The van der Waals surface area contributed by atoms with Crippen LogP contribution in [0, 0.1) is 13.8 Å². The highest BCUT2D eigenvalue weighted by molar-refractivity contribution is 5.75. The zero-order valence-electron chi connectivity index (χ0n) is 14.1. The number of ether oxygens (including phenoxy) is 1. The Morgan fingerprint density at radius 3 is 2.70 bits per heavy atom. The molecule has 0 saturated heterocycles. The van der Waals surface area contributed by atoms with Gasteiger partial charge in [0, 0.05) is 32.6 Å². The predicted octanol–water partition coefficient (Wildman–Crippen LogP) is 2.55. The quantitative estimate of drug-likeness (QED) is 0.762. The third-order valence-electron chi connectivity index (χ3n) is 3.67. The van der Waals surface area contributed by atoms with Crippen LogP contribution in [0.25, 0.3) is 0 Å². The molecule has 1 aromatic carbocycles. The number of hydrogen-bond acceptors (Lipinski definition) is 3. The van der Waals surface area contributed by atoms with Gasteiger partial charge in [-0.05, 0) is 31.4 Å². The van der Waals surface area contributed by atoms with Crippen LogP contribution >= 0.6 is 0 Å². The SMILES string of the molecule is Cc1cccc(C)c1OCCCC(=O)NCCc1cn(C)cn1. The van der Waals surface area contributed by atoms with Gasteiger partial charge in [-0.15, -0.1) is 0 Å². The first-order valence-corrected chi connectivity index (χ1v) is 7.99. The van der Waals surface area contributed by atoms with Gasteiger partial charge in [0.05, 0.1) is 18.6 Å². The Balaban J connectivity index is 1.61. The smallest absolute Gasteiger partial charge is 0.220 e. The molecule has 0 radical (unpaired) electrons. The zero-order valence-corrected chi connectivity index (χ0v) is 14.1. The Morgan fingerprint density at radius 2 is 2.04 bits per heavy atom. The molecule has 2 aromatic rings. The molecule has 0 aliphatic rings. The van der Waals surface area contributed by atoms with Crippen molar-refractivity contribution in [3.05, 3.63) is 47.5 Å². The number of benzene rings is 1. The van der Waals surface area contributed by atoms with Crippen molar-refractivity contribution in [2.45, 2.75) is 33.1 Å². The van der Waals surface area contributed by atoms with Crippen molar-refractivity contribution in [2.24, 2.45) is 7.05 Å². The van der Waals surface area contributed by atoms with Crippen LogP contribution in [-0.4, -0.2) is 28.6 Å². The summed E-state index contributed by atoms with van der Waals surface area (Å²) in [5.41, 5.74) is 3.25. The van der Waals surface area contributed by atoms with E-state index in [2.05, 4.69) is 10.3 Å². The van der Waals surface area contributed by atoms with E-state index in [-0.39, 0.29) is 5.91 Å². The first-order valence-electron chi connectivity index (χ1n) is 7.99. The van der Waals surface area contributed by atoms with E-state index in [0.717, 1.165) is 29.0 Å². The number of nitrogens with zero attached hydrogens (tertiary/aromatic N) is 2. The summed E-state index contributed by atoms with van der Waals surface area (Å²) in [6, 6.07) is 6.09. The van der Waals surface area contributed by atoms with Crippen LogP contribution in [0.2, 0.25) is 0 Å². The van der Waals surface area contributed by atoms with Crippen molar-refractivity contribution in [1.82, 2.24) is 14.9 Å². The number of carbonyl (C=O) groups excluding carboxylic acids is 1. The van der Waals surface area contributed by atoms with Crippen LogP contribution in [0.4, 0.5) is 0 Å². The molecule has 0 spiro atoms. The molecule has 1 N–H and O–H groups in total. The van der Waals surface area contributed by atoms with Crippen molar-refractivity contribution in [1.29, 1.82) is 0 Å². The molecule has 2 rings (SSSR count). The number of aromatic nitrogens is 2. The zero-order chi connectivity index (χ0) is 16.7. The van der Waals surface area contributed by atoms with Gasteiger partial charge in [0.25, 0.3) is 0 Å². The Morgan fingerprint density at radius 1 is 1.30 bits per heavy atom. The minimum atomic E-state index is 0.0611. The van der Waals surface area contributed by atoms with E-state index in [1.807, 2.05) is 49.9 Å². The number of nitrogens with one attached hydrogen (secondary N) is 1. The Hall–Kier alpha value is -2.30. The van der Waals surface area contributed by atoms with Crippen LogP contribution in [0.5, 0.6) is 5.75 Å². The van der Waals surface area contributed by atoms with Crippen molar-refractivity contribution >= 4 is 5.91 Å². The highest BCUT2D eigenvalue weighted by Gasteiger charge is 2.05. The number of para-hydroxylation sites is 1. The maximum Gasteiger partial charge on any atom is 0.220 e. The number of imidazole rings is 1. The van der Waals surface area contributed by atoms with Crippen LogP contribution in [0.3, 0.4) is 0 Å². The van der Waals surface area contributed by atoms with Crippen molar-refractivity contribution < 1.29 is 9.53 Å². The second-order valence-electron chi connectivity index (χ2n) is 5.80. The van der Waals surface area contributed by atoms with E-state index in [1.165, 1.54) is 0 Å². The summed E-state index contributed by atoms with van der Waals surface area (Å²) in [5, 5.41) is 2.92. The van der Waals surface area contributed by atoms with Gasteiger partial charge in [0.2, 0.25) is 5.91 Å². The Bertz CT molecular complexity index is 629. The normalized spacial score (nSPS) is 10.6. The lowest BCUT2D eigenvalue weighted by atomic mass is 10.1. The molecule has 0 aliphatic heterocycles. The molecular formula is C18H25N3O2. The molecule has 5 heteroatoms. The van der Waals surface area contributed by atoms with E-state index in [1.54, 1.807) is 6.33 Å². The van der Waals surface area contributed by atoms with Crippen LogP contribution < -0.4 is 10.1 Å². The first-order chi connectivity index (χ1) is 11.1. The maximum atomic E-state index is 11.8. The summed E-state index contributed by atoms with van der Waals surface area (Å²) in [4.78, 5) is 16.0. The largest absolute Gasteiger partial charge is 0.493 e. The van der Waals surface area contributed by atoms with E-state index < -0.39 is 0 Å². The topological polar surface area (TPSA) is 56.1 Å². The molecule has 1 amide bonds. The molecule has 23 heavy (non-hydrogen) atoms. The molecule has 0 fully saturated rings. The summed E-state index contributed by atoms with van der Waals surface area (Å²) < 4.78 is 7.71. The molecule has 0 atom stereocenters. The van der Waals surface area contributed by atoms with E-state index >= 15 is 0 Å². The van der Waals surface area contributed by atoms with Gasteiger partial charge in [-0.2, -0.15) is 0 Å². The fourth-order valence-electron chi connectivity index (χ4n) is 2.45. The molecule has 0 bridgehead atoms. The van der Waals surface area contributed by atoms with Gasteiger partial charge < -0.3 is 14.6 Å². The number of amides is 1. The van der Waals surface area contributed by atoms with Gasteiger partial charge >= 0.3 is 0 Å². The van der Waals surface area contributed by atoms with E-state index in [0.29, 0.717) is 26.0 Å². The minimum Gasteiger partial charge on any atom is -0.493 e. The third-order valence-corrected chi connectivity index (χ3v) is 3.67. The third kappa shape index (κ3) is 5.43. The van der Waals surface area contributed by atoms with Crippen LogP contribution in [-0.2, 0) is 18.3 Å². The van der Waals surface area contributed by atoms with Gasteiger partial charge in [0.15, 0.2) is 0 Å². The number of rotatable bonds is 8. The molecule has 1 aromatic heterocycles. The average molecular weight is 315 g/mol. The lowest BCUT2D eigenvalue weighted by Crippen LogP contribution is -2.25. The Kier molecular flexibility index (Phi) is 6.20. The van der Waals surface area contributed by atoms with Crippen LogP contribution in [0.15, 0.2) is 30.7 Å². The highest BCUT2D eigenvalue weighted by Crippen LogP contribution is 2.22. The molecule has 124 valence electrons. The van der Waals surface area contributed by atoms with Gasteiger partial charge in [-0.25, -0.2) is 4.98 Å². The maximum absolute atomic E-state index is 11.8. The van der Waals surface area contributed by atoms with Crippen molar-refractivity contribution in [3.8, 4) is 5.75 Å². The number of hydrogen-bond donors (Lipinski definition) is 1. The second-order valence-corrected chi connectivity index (χ2v) is 5.80. The fourth-order valence-corrected chi connectivity index (χ4v) is 2.45. The molecule has 0 unspecified atom stereocenters. The lowest BCUT2D eigenvalue weighted by molar-refractivity contribution is -0.121. The summed E-state index contributed by atoms with van der Waals surface area (Å²) in [5.74, 6) is 0.995. The Labute approximate surface area is 137 Å². The van der Waals surface area contributed by atoms with Crippen molar-refractivity contribution in [3.63, 3.8) is 0 Å². The molecular weight excluding hydrogens is 290 g/mol. The summed E-state index contributed by atoms with van der Waals surface area (Å²) in [7, 11) is 1.94. The van der Waals surface area contributed by atoms with E-state index in [9.17, 15) is 4.79 Å². The summed E-state index contributed by atoms with van der Waals surface area (Å²) >= 11 is 0. The average Bonchev–Trinajstić information content (AvgIpc) is 2.91. The van der Waals surface area contributed by atoms with Gasteiger partial charge in [-0.3, -0.25) is 4.79 Å². The number of aryl methyl sites for hydroxylation is 3. The summed E-state index contributed by atoms with van der Waals surface area (Å²) in [6.07, 6.45) is 5.68. The standard InChI is InChI=1S/C18H25N3O2/c1-14-6-4-7-15(2)18(14)23-11-5-8-17(22)19-10-9-16-12-21(3)13-20-16/h4,6-7,12-13H,5,8-11H2,1-3H3,(H,19,22). The second kappa shape index (κ2) is 8.36. The highest BCUT2D eigenvalue weighted by atomic mass is 16.5. The molecule has 0 saturated carbocycles. The molecule has 0 aliphatic carbocycles. The lowest BCUT2D eigenvalue weighted by Gasteiger charge is -2.11. The van der Waals surface area contributed by atoms with Gasteiger partial charge in [0.1, 0.15) is 5.75 Å². The number of carbonyl (C=O) groups is 1. The van der Waals surface area contributed by atoms with Gasteiger partial charge in [-0.1, -0.05) is 18.2 Å². The fraction of sp³-hybridized carbons (Fsp3) is 0.444. The first kappa shape index (κ1) is 17.1.